The summed E-state index contributed by atoms with van der Waals surface area (Å²) in [6.07, 6.45) is -2.42. The molecule has 1 aliphatic heterocycles. The first-order chi connectivity index (χ1) is 9.50. The first-order valence-corrected chi connectivity index (χ1v) is 6.13. The van der Waals surface area contributed by atoms with Gasteiger partial charge in [-0.15, -0.1) is 0 Å². The Kier molecular flexibility index (Phi) is 3.05. The number of aromatic nitrogens is 4. The zero-order valence-corrected chi connectivity index (χ0v) is 10.7. The van der Waals surface area contributed by atoms with Crippen molar-refractivity contribution in [3.63, 3.8) is 0 Å². The van der Waals surface area contributed by atoms with E-state index in [4.69, 9.17) is 10.5 Å². The highest BCUT2D eigenvalue weighted by Crippen LogP contribution is 2.33. The Morgan fingerprint density at radius 2 is 2.05 bits per heavy atom. The fourth-order valence-electron chi connectivity index (χ4n) is 2.37. The molecule has 0 radical (unpaired) electrons. The number of aliphatic hydroxyl groups excluding tert-OH is 3. The minimum atomic E-state index is -1.21. The third kappa shape index (κ3) is 1.83. The molecular formula is C11H15N5O4. The van der Waals surface area contributed by atoms with Gasteiger partial charge in [0.25, 0.3) is 0 Å². The molecule has 9 nitrogen and oxygen atoms in total. The molecule has 0 bridgehead atoms. The van der Waals surface area contributed by atoms with Crippen LogP contribution in [0.4, 0.5) is 5.82 Å². The van der Waals surface area contributed by atoms with Crippen molar-refractivity contribution in [3.05, 3.63) is 12.7 Å². The van der Waals surface area contributed by atoms with Crippen molar-refractivity contribution in [2.75, 3.05) is 5.73 Å². The second-order valence-electron chi connectivity index (χ2n) is 4.80. The van der Waals surface area contributed by atoms with E-state index in [2.05, 4.69) is 15.0 Å². The maximum absolute atomic E-state index is 10.1. The van der Waals surface area contributed by atoms with Crippen LogP contribution in [0, 0.1) is 0 Å². The van der Waals surface area contributed by atoms with Crippen molar-refractivity contribution in [2.24, 2.45) is 0 Å². The molecule has 2 aromatic heterocycles. The summed E-state index contributed by atoms with van der Waals surface area (Å²) in [5.74, 6) is 0.217. The summed E-state index contributed by atoms with van der Waals surface area (Å²) in [6, 6.07) is 0. The standard InChI is InChI=1S/C11H15N5O4/c1-4(17)8-6(18)7(19)11(20-8)16-3-15-5-9(12)13-2-14-10(5)16/h2-4,6-8,11,17-19H,1H3,(H2,12,13,14)/t4-,6+,7-,8+,11-/m0/s1. The largest absolute Gasteiger partial charge is 0.391 e. The molecule has 5 N–H and O–H groups in total. The number of ether oxygens (including phenoxy) is 1. The van der Waals surface area contributed by atoms with Crippen molar-refractivity contribution in [1.29, 1.82) is 0 Å². The Labute approximate surface area is 113 Å². The average molecular weight is 281 g/mol. The summed E-state index contributed by atoms with van der Waals surface area (Å²) >= 11 is 0. The van der Waals surface area contributed by atoms with E-state index in [9.17, 15) is 15.3 Å². The maximum Gasteiger partial charge on any atom is 0.167 e. The lowest BCUT2D eigenvalue weighted by Crippen LogP contribution is -2.37. The number of aliphatic hydroxyl groups is 3. The van der Waals surface area contributed by atoms with Crippen molar-refractivity contribution in [1.82, 2.24) is 19.5 Å². The van der Waals surface area contributed by atoms with Gasteiger partial charge in [-0.2, -0.15) is 0 Å². The lowest BCUT2D eigenvalue weighted by molar-refractivity contribution is -0.0777. The van der Waals surface area contributed by atoms with E-state index in [1.165, 1.54) is 24.1 Å². The Morgan fingerprint density at radius 1 is 1.30 bits per heavy atom. The average Bonchev–Trinajstić information content (AvgIpc) is 2.94. The van der Waals surface area contributed by atoms with Crippen LogP contribution in [-0.2, 0) is 4.74 Å². The van der Waals surface area contributed by atoms with E-state index in [1.807, 2.05) is 0 Å². The number of fused-ring (bicyclic) bond motifs is 1. The molecule has 0 spiro atoms. The van der Waals surface area contributed by atoms with E-state index < -0.39 is 30.6 Å². The molecule has 0 saturated carbocycles. The number of anilines is 1. The topological polar surface area (TPSA) is 140 Å². The van der Waals surface area contributed by atoms with Crippen LogP contribution < -0.4 is 5.73 Å². The number of imidazole rings is 1. The highest BCUT2D eigenvalue weighted by Gasteiger charge is 2.46. The van der Waals surface area contributed by atoms with Crippen molar-refractivity contribution in [3.8, 4) is 0 Å². The van der Waals surface area contributed by atoms with Crippen molar-refractivity contribution in [2.45, 2.75) is 37.6 Å². The number of hydrogen-bond acceptors (Lipinski definition) is 8. The molecule has 3 heterocycles. The van der Waals surface area contributed by atoms with Crippen LogP contribution in [0.2, 0.25) is 0 Å². The number of hydrogen-bond donors (Lipinski definition) is 4. The van der Waals surface area contributed by atoms with Gasteiger partial charge < -0.3 is 25.8 Å². The van der Waals surface area contributed by atoms with Crippen LogP contribution in [0.3, 0.4) is 0 Å². The number of nitrogens with zero attached hydrogens (tertiary/aromatic N) is 4. The molecule has 0 aliphatic carbocycles. The van der Waals surface area contributed by atoms with Crippen LogP contribution in [0.15, 0.2) is 12.7 Å². The molecule has 20 heavy (non-hydrogen) atoms. The summed E-state index contributed by atoms with van der Waals surface area (Å²) in [5.41, 5.74) is 6.46. The smallest absolute Gasteiger partial charge is 0.167 e. The second kappa shape index (κ2) is 4.63. The van der Waals surface area contributed by atoms with Crippen LogP contribution in [0.1, 0.15) is 13.2 Å². The van der Waals surface area contributed by atoms with Crippen LogP contribution >= 0.6 is 0 Å². The molecule has 1 fully saturated rings. The highest BCUT2D eigenvalue weighted by molar-refractivity contribution is 5.81. The summed E-state index contributed by atoms with van der Waals surface area (Å²) in [5, 5.41) is 29.5. The Bertz CT molecular complexity index is 630. The number of nitrogens with two attached hydrogens (primary N) is 1. The maximum atomic E-state index is 10.1. The minimum Gasteiger partial charge on any atom is -0.391 e. The van der Waals surface area contributed by atoms with E-state index in [0.717, 1.165) is 0 Å². The zero-order chi connectivity index (χ0) is 14.4. The van der Waals surface area contributed by atoms with Crippen LogP contribution in [0.5, 0.6) is 0 Å². The van der Waals surface area contributed by atoms with Gasteiger partial charge in [0.15, 0.2) is 17.7 Å². The second-order valence-corrected chi connectivity index (χ2v) is 4.80. The molecular weight excluding hydrogens is 266 g/mol. The molecule has 9 heteroatoms. The molecule has 1 saturated heterocycles. The monoisotopic (exact) mass is 281 g/mol. The van der Waals surface area contributed by atoms with E-state index in [1.54, 1.807) is 0 Å². The summed E-state index contributed by atoms with van der Waals surface area (Å²) in [7, 11) is 0. The molecule has 0 aromatic carbocycles. The van der Waals surface area contributed by atoms with Crippen molar-refractivity contribution < 1.29 is 20.1 Å². The highest BCUT2D eigenvalue weighted by atomic mass is 16.6. The molecule has 2 aromatic rings. The normalized spacial score (nSPS) is 31.8. The van der Waals surface area contributed by atoms with Crippen LogP contribution in [-0.4, -0.2) is 59.3 Å². The fraction of sp³-hybridized carbons (Fsp3) is 0.545. The Hall–Kier alpha value is -1.81. The van der Waals surface area contributed by atoms with Crippen LogP contribution in [0.25, 0.3) is 11.2 Å². The van der Waals surface area contributed by atoms with Gasteiger partial charge in [0.2, 0.25) is 0 Å². The van der Waals surface area contributed by atoms with E-state index in [-0.39, 0.29) is 5.82 Å². The first kappa shape index (κ1) is 13.2. The number of rotatable bonds is 2. The van der Waals surface area contributed by atoms with Gasteiger partial charge in [-0.1, -0.05) is 0 Å². The lowest BCUT2D eigenvalue weighted by atomic mass is 10.1. The Morgan fingerprint density at radius 3 is 2.70 bits per heavy atom. The molecule has 0 unspecified atom stereocenters. The van der Waals surface area contributed by atoms with Gasteiger partial charge >= 0.3 is 0 Å². The number of nitrogen functional groups attached to an aromatic ring is 1. The van der Waals surface area contributed by atoms with Gasteiger partial charge in [0, 0.05) is 0 Å². The first-order valence-electron chi connectivity index (χ1n) is 6.13. The predicted octanol–water partition coefficient (Wildman–Crippen LogP) is -1.59. The van der Waals surface area contributed by atoms with Gasteiger partial charge in [-0.3, -0.25) is 4.57 Å². The van der Waals surface area contributed by atoms with Gasteiger partial charge in [0.05, 0.1) is 12.4 Å². The quantitative estimate of drug-likeness (QED) is 0.516. The zero-order valence-electron chi connectivity index (χ0n) is 10.7. The van der Waals surface area contributed by atoms with E-state index in [0.29, 0.717) is 11.2 Å². The molecule has 108 valence electrons. The molecule has 5 atom stereocenters. The minimum absolute atomic E-state index is 0.217. The third-order valence-electron chi connectivity index (χ3n) is 3.41. The molecule has 1 aliphatic rings. The third-order valence-corrected chi connectivity index (χ3v) is 3.41. The van der Waals surface area contributed by atoms with Crippen molar-refractivity contribution >= 4 is 17.0 Å². The van der Waals surface area contributed by atoms with Gasteiger partial charge in [0.1, 0.15) is 30.2 Å². The summed E-state index contributed by atoms with van der Waals surface area (Å²) in [6.45, 7) is 1.48. The summed E-state index contributed by atoms with van der Waals surface area (Å²) < 4.78 is 6.97. The van der Waals surface area contributed by atoms with Gasteiger partial charge in [-0.05, 0) is 6.92 Å². The fourth-order valence-corrected chi connectivity index (χ4v) is 2.37. The molecule has 0 amide bonds. The van der Waals surface area contributed by atoms with E-state index >= 15 is 0 Å². The lowest BCUT2D eigenvalue weighted by Gasteiger charge is -2.17. The predicted molar refractivity (Wildman–Crippen MR) is 67.3 cm³/mol. The summed E-state index contributed by atoms with van der Waals surface area (Å²) in [4.78, 5) is 11.9. The molecule has 3 rings (SSSR count). The Balaban J connectivity index is 2.02. The SMILES string of the molecule is C[C@H](O)[C@H]1O[C@H](n2cnc3c(N)ncnc32)[C@@H](O)[C@H]1O. The van der Waals surface area contributed by atoms with Gasteiger partial charge in [-0.25, -0.2) is 15.0 Å².